The lowest BCUT2D eigenvalue weighted by atomic mass is 9.79. The highest BCUT2D eigenvalue weighted by atomic mass is 32.2. The quantitative estimate of drug-likeness (QED) is 0.265. The summed E-state index contributed by atoms with van der Waals surface area (Å²) in [5.74, 6) is -13.1. The summed E-state index contributed by atoms with van der Waals surface area (Å²) in [6, 6.07) is -8.74. The van der Waals surface area contributed by atoms with Crippen LogP contribution in [-0.2, 0) is 19.8 Å². The van der Waals surface area contributed by atoms with E-state index < -0.39 is 133 Å². The van der Waals surface area contributed by atoms with Crippen LogP contribution in [0.25, 0.3) is 1.43 Å². The summed E-state index contributed by atoms with van der Waals surface area (Å²) >= 11 is -1.05. The highest BCUT2D eigenvalue weighted by Crippen LogP contribution is 2.51. The van der Waals surface area contributed by atoms with Crippen LogP contribution in [0.15, 0.2) is 10.6 Å². The third-order valence-electron chi connectivity index (χ3n) is 3.17. The molecule has 10 nitrogen and oxygen atoms in total. The van der Waals surface area contributed by atoms with Gasteiger partial charge < -0.3 is 20.4 Å². The van der Waals surface area contributed by atoms with Crippen molar-refractivity contribution in [1.29, 1.82) is 2.86 Å². The summed E-state index contributed by atoms with van der Waals surface area (Å²) in [4.78, 5) is 24.2. The van der Waals surface area contributed by atoms with Crippen LogP contribution < -0.4 is 15.1 Å². The number of hydrogen-bond donors (Lipinski definition) is 5. The number of nitrogens with one attached hydrogen (secondary N) is 2. The molecule has 0 saturated carbocycles. The zero-order valence-corrected chi connectivity index (χ0v) is 14.2. The van der Waals surface area contributed by atoms with Crippen molar-refractivity contribution in [2.24, 2.45) is 16.9 Å². The third kappa shape index (κ3) is 3.87. The predicted molar refractivity (Wildman–Crippen MR) is 98.5 cm³/mol. The average molecular weight is 445 g/mol. The monoisotopic (exact) mass is 444 g/mol. The van der Waals surface area contributed by atoms with Gasteiger partial charge in [0.1, 0.15) is 11.3 Å². The number of aliphatic hydroxyl groups is 1. The summed E-state index contributed by atoms with van der Waals surface area (Å²) in [7, 11) is -5.98. The first-order chi connectivity index (χ1) is 22.3. The van der Waals surface area contributed by atoms with E-state index >= 15 is 0 Å². The second-order valence-electron chi connectivity index (χ2n) is 4.81. The number of carboxylic acids is 1. The molecule has 0 bridgehead atoms. The minimum atomic E-state index is -5.98. The molecule has 0 spiro atoms. The van der Waals surface area contributed by atoms with Crippen molar-refractivity contribution < 1.29 is 58.5 Å². The molecule has 6 atom stereocenters. The second kappa shape index (κ2) is 7.33. The minimum absolute atomic E-state index is 0.475. The number of carbonyl (C=O) groups excluding carboxylic acids is 1. The van der Waals surface area contributed by atoms with Crippen molar-refractivity contribution in [3.8, 4) is 0 Å². The van der Waals surface area contributed by atoms with Crippen molar-refractivity contribution in [1.82, 2.24) is 14.9 Å². The molecule has 0 radical (unpaired) electrons. The molecule has 0 unspecified atom stereocenters. The van der Waals surface area contributed by atoms with Crippen LogP contribution in [0.4, 0.5) is 0 Å². The molecule has 6 N–H and O–H groups in total. The van der Waals surface area contributed by atoms with E-state index in [1.54, 1.807) is 0 Å². The van der Waals surface area contributed by atoms with Gasteiger partial charge in [0.25, 0.3) is 11.6 Å². The van der Waals surface area contributed by atoms with E-state index in [4.69, 9.17) is 33.2 Å². The number of β-lactam (4-membered cyclic amide) rings is 1. The molecule has 2 fully saturated rings. The molecule has 152 valence electrons. The highest BCUT2D eigenvalue weighted by molar-refractivity contribution is 8.03. The number of nitrogens with two attached hydrogens (primary N) is 1. The second-order valence-corrected chi connectivity index (χ2v) is 6.91. The molecule has 0 aliphatic carbocycles. The Labute approximate surface area is 195 Å². The maximum absolute atomic E-state index is 13.6. The van der Waals surface area contributed by atoms with E-state index in [9.17, 15) is 18.0 Å². The highest BCUT2D eigenvalue weighted by Gasteiger charge is 2.60. The Balaban J connectivity index is 2.51. The fourth-order valence-electron chi connectivity index (χ4n) is 2.21. The zero-order valence-electron chi connectivity index (χ0n) is 36.6. The zero-order chi connectivity index (χ0) is 40.7. The Kier molecular flexibility index (Phi) is 1.61. The van der Waals surface area contributed by atoms with E-state index in [-0.39, 0.29) is 0 Å². The van der Waals surface area contributed by atoms with Crippen LogP contribution in [-0.4, -0.2) is 73.2 Å². The number of rotatable bonds is 9. The molecular formula is C15H24N4O6S2. The van der Waals surface area contributed by atoms with Gasteiger partial charge in [0.05, 0.1) is 20.7 Å². The van der Waals surface area contributed by atoms with Gasteiger partial charge in [-0.05, 0) is 13.2 Å². The smallest absolute Gasteiger partial charge is 0.353 e. The maximum Gasteiger partial charge on any atom is 0.353 e. The Morgan fingerprint density at radius 1 is 1.89 bits per heavy atom. The number of nitrogens with zero attached hydrogens (tertiary/aromatic N) is 1. The van der Waals surface area contributed by atoms with Crippen LogP contribution in [0.3, 0.4) is 0 Å². The lowest BCUT2D eigenvalue weighted by molar-refractivity contribution is -0.163. The molecule has 0 aromatic carbocycles. The fourth-order valence-corrected chi connectivity index (χ4v) is 3.33. The molecule has 3 rings (SSSR count). The summed E-state index contributed by atoms with van der Waals surface area (Å²) in [5, 5.41) is 0.977. The van der Waals surface area contributed by atoms with Crippen molar-refractivity contribution >= 4 is 33.8 Å². The largest absolute Gasteiger partial charge is 0.477 e. The number of carbonyl (C=O) groups is 2. The maximum atomic E-state index is 13.6. The number of thioether (sulfide) groups is 1. The van der Waals surface area contributed by atoms with E-state index in [0.29, 0.717) is 0 Å². The first-order valence-electron chi connectivity index (χ1n) is 18.1. The van der Waals surface area contributed by atoms with Gasteiger partial charge in [0.2, 0.25) is 7.34 Å². The molecule has 3 aliphatic rings. The van der Waals surface area contributed by atoms with Gasteiger partial charge in [-0.15, -0.1) is 11.8 Å². The Morgan fingerprint density at radius 2 is 2.74 bits per heavy atom. The van der Waals surface area contributed by atoms with Crippen LogP contribution in [0.5, 0.6) is 0 Å². The number of fused-ring (bicyclic) bond motifs is 1. The van der Waals surface area contributed by atoms with E-state index in [0.717, 1.165) is 0 Å². The van der Waals surface area contributed by atoms with Gasteiger partial charge in [0.15, 0.2) is 0 Å². The van der Waals surface area contributed by atoms with Gasteiger partial charge >= 0.3 is 5.97 Å². The molecule has 27 heavy (non-hydrogen) atoms. The van der Waals surface area contributed by atoms with Gasteiger partial charge in [-0.1, -0.05) is 6.85 Å². The molecule has 3 heterocycles. The summed E-state index contributed by atoms with van der Waals surface area (Å²) < 4.78 is 218. The van der Waals surface area contributed by atoms with Crippen molar-refractivity contribution in [3.05, 3.63) is 10.6 Å². The molecule has 2 saturated heterocycles. The van der Waals surface area contributed by atoms with Crippen molar-refractivity contribution in [2.45, 2.75) is 43.4 Å². The number of amides is 1. The molecule has 0 aromatic rings. The van der Waals surface area contributed by atoms with Crippen LogP contribution >= 0.6 is 11.8 Å². The van der Waals surface area contributed by atoms with E-state index in [1.807, 2.05) is 0 Å². The number of aliphatic carboxylic acids is 1. The lowest BCUT2D eigenvalue weighted by Gasteiger charge is -2.46. The van der Waals surface area contributed by atoms with Crippen molar-refractivity contribution in [2.75, 3.05) is 13.0 Å². The van der Waals surface area contributed by atoms with Crippen molar-refractivity contribution in [3.63, 3.8) is 0 Å². The minimum Gasteiger partial charge on any atom is -0.477 e. The summed E-state index contributed by atoms with van der Waals surface area (Å²) in [5.41, 5.74) is -1.84. The SMILES string of the molecule is [2H]OC(=O)C1=C(S[C@@]2([2H])C([2H])([2H])N([2H])[C@]([2H])(C([2H])([2H])N([2H])S(=O)(=O)N([2H])[2H])C2([2H])[2H])[C@]([2H])(C([2H])([2H])[2H])[C@@]2([2H])N1C(=O)[C@]2([2H])[C@]([2H])(O[2H])C([2H])([2H])[2H]. The third-order valence-corrected chi connectivity index (χ3v) is 4.49. The number of hydrogen-bond acceptors (Lipinski definition) is 8. The standard InChI is InChI=1S/C15H24N4O6S2/c1-6-11-10(7(2)20)14(21)19(11)12(15(22)23)13(6)26-9-3-8(17-5-9)4-18-27(16,24)25/h6-11,17-18,20H,3-5H2,1-2H3,(H,22,23)(H2,16,24,25)/t6-,7-,8+,9-,10-,11-/m1/s1/i1D3,2D3,3D2,4D2,5D2,6D,7D,8D,9D,10D,11D,20D/hD5. The number of carboxylic acid groups (broad SMARTS) is 1. The molecule has 0 aromatic heterocycles. The Bertz CT molecular complexity index is 1660. The first-order valence-corrected chi connectivity index (χ1v) is 8.73. The predicted octanol–water partition coefficient (Wildman–Crippen LogP) is -1.60. The lowest BCUT2D eigenvalue weighted by Crippen LogP contribution is -2.63. The molecule has 3 aliphatic heterocycles. The van der Waals surface area contributed by atoms with Gasteiger partial charge in [-0.3, -0.25) is 4.79 Å². The molecule has 12 heteroatoms. The average Bonchev–Trinajstić information content (AvgIpc) is 3.23. The topological polar surface area (TPSA) is 162 Å². The first kappa shape index (κ1) is 5.92. The molecular weight excluding hydrogens is 396 g/mol. The normalized spacial score (nSPS) is 68.4. The Hall–Kier alpha value is -1.18. The van der Waals surface area contributed by atoms with Gasteiger partial charge in [0, 0.05) is 57.0 Å². The van der Waals surface area contributed by atoms with E-state index in [2.05, 4.69) is 10.2 Å². The van der Waals surface area contributed by atoms with Crippen LogP contribution in [0, 0.1) is 11.8 Å². The van der Waals surface area contributed by atoms with Gasteiger partial charge in [-0.2, -0.15) is 8.42 Å². The van der Waals surface area contributed by atoms with Crippen LogP contribution in [0.1, 0.15) is 44.8 Å². The summed E-state index contributed by atoms with van der Waals surface area (Å²) in [6.45, 7) is -17.3. The van der Waals surface area contributed by atoms with Gasteiger partial charge in [-0.25, -0.2) is 14.6 Å². The molecule has 1 amide bonds. The van der Waals surface area contributed by atoms with Crippen LogP contribution in [0.2, 0.25) is 5.65 Å². The summed E-state index contributed by atoms with van der Waals surface area (Å²) in [6.07, 6.45) is -8.84. The fraction of sp³-hybridized carbons (Fsp3) is 0.733. The Morgan fingerprint density at radius 3 is 3.41 bits per heavy atom. The van der Waals surface area contributed by atoms with E-state index in [1.165, 1.54) is 0 Å².